The van der Waals surface area contributed by atoms with Crippen molar-refractivity contribution in [2.45, 2.75) is 26.2 Å². The molecule has 0 aliphatic heterocycles. The van der Waals surface area contributed by atoms with Crippen molar-refractivity contribution in [3.05, 3.63) is 0 Å². The van der Waals surface area contributed by atoms with Crippen molar-refractivity contribution >= 4 is 11.9 Å². The number of nitrogens with zero attached hydrogens (tertiary/aromatic N) is 1. The van der Waals surface area contributed by atoms with Gasteiger partial charge >= 0.3 is 5.97 Å². The van der Waals surface area contributed by atoms with Crippen molar-refractivity contribution in [3.8, 4) is 0 Å². The zero-order valence-electron chi connectivity index (χ0n) is 10.4. The fourth-order valence-corrected chi connectivity index (χ4v) is 1.42. The zero-order valence-corrected chi connectivity index (χ0v) is 10.4. The van der Waals surface area contributed by atoms with Crippen LogP contribution in [0, 0.1) is 5.92 Å². The minimum absolute atomic E-state index is 0.0480. The Morgan fingerprint density at radius 1 is 1.44 bits per heavy atom. The van der Waals surface area contributed by atoms with E-state index in [0.717, 1.165) is 0 Å². The minimum atomic E-state index is -0.240. The molecule has 1 amide bonds. The number of rotatable bonds is 7. The highest BCUT2D eigenvalue weighted by Crippen LogP contribution is 2.06. The summed E-state index contributed by atoms with van der Waals surface area (Å²) in [5.74, 6) is -0.209. The van der Waals surface area contributed by atoms with Gasteiger partial charge in [0.2, 0.25) is 5.91 Å². The molecule has 1 unspecified atom stereocenters. The molecule has 94 valence electrons. The molecule has 0 rings (SSSR count). The van der Waals surface area contributed by atoms with Gasteiger partial charge in [0.15, 0.2) is 0 Å². The van der Waals surface area contributed by atoms with E-state index in [1.807, 2.05) is 6.92 Å². The number of amides is 1. The molecular weight excluding hydrogens is 208 g/mol. The van der Waals surface area contributed by atoms with E-state index in [2.05, 4.69) is 4.74 Å². The summed E-state index contributed by atoms with van der Waals surface area (Å²) in [4.78, 5) is 24.2. The predicted molar refractivity (Wildman–Crippen MR) is 61.7 cm³/mol. The molecule has 0 bridgehead atoms. The van der Waals surface area contributed by atoms with Crippen LogP contribution in [0.15, 0.2) is 0 Å². The second kappa shape index (κ2) is 8.10. The van der Waals surface area contributed by atoms with E-state index >= 15 is 0 Å². The van der Waals surface area contributed by atoms with Gasteiger partial charge in [0.25, 0.3) is 0 Å². The van der Waals surface area contributed by atoms with Crippen molar-refractivity contribution in [1.29, 1.82) is 0 Å². The molecule has 0 spiro atoms. The van der Waals surface area contributed by atoms with E-state index in [1.165, 1.54) is 7.11 Å². The summed E-state index contributed by atoms with van der Waals surface area (Å²) in [6, 6.07) is 0. The van der Waals surface area contributed by atoms with E-state index < -0.39 is 0 Å². The lowest BCUT2D eigenvalue weighted by Crippen LogP contribution is -2.33. The summed E-state index contributed by atoms with van der Waals surface area (Å²) in [5.41, 5.74) is 5.39. The van der Waals surface area contributed by atoms with Crippen molar-refractivity contribution in [3.63, 3.8) is 0 Å². The Hall–Kier alpha value is -1.10. The van der Waals surface area contributed by atoms with Crippen LogP contribution in [0.5, 0.6) is 0 Å². The van der Waals surface area contributed by atoms with Crippen LogP contribution in [-0.4, -0.2) is 44.0 Å². The Morgan fingerprint density at radius 3 is 2.56 bits per heavy atom. The zero-order chi connectivity index (χ0) is 12.6. The Morgan fingerprint density at radius 2 is 2.06 bits per heavy atom. The molecule has 0 fully saturated rings. The van der Waals surface area contributed by atoms with Crippen LogP contribution in [-0.2, 0) is 14.3 Å². The fourth-order valence-electron chi connectivity index (χ4n) is 1.42. The summed E-state index contributed by atoms with van der Waals surface area (Å²) >= 11 is 0. The summed E-state index contributed by atoms with van der Waals surface area (Å²) in [7, 11) is 3.10. The third-order valence-corrected chi connectivity index (χ3v) is 2.50. The average molecular weight is 230 g/mol. The largest absolute Gasteiger partial charge is 0.469 e. The first-order valence-electron chi connectivity index (χ1n) is 5.54. The molecule has 2 N–H and O–H groups in total. The summed E-state index contributed by atoms with van der Waals surface area (Å²) in [6.45, 7) is 2.96. The van der Waals surface area contributed by atoms with Crippen molar-refractivity contribution in [2.24, 2.45) is 11.7 Å². The lowest BCUT2D eigenvalue weighted by Gasteiger charge is -2.20. The normalized spacial score (nSPS) is 12.0. The predicted octanol–water partition coefficient (Wildman–Crippen LogP) is 0.383. The molecule has 0 saturated heterocycles. The Bertz CT molecular complexity index is 231. The highest BCUT2D eigenvalue weighted by molar-refractivity contribution is 5.78. The highest BCUT2D eigenvalue weighted by Gasteiger charge is 2.16. The third kappa shape index (κ3) is 5.70. The van der Waals surface area contributed by atoms with Gasteiger partial charge in [-0.05, 0) is 19.4 Å². The number of methoxy groups -OCH3 is 1. The van der Waals surface area contributed by atoms with E-state index in [1.54, 1.807) is 11.9 Å². The first-order valence-corrected chi connectivity index (χ1v) is 5.54. The molecular formula is C11H22N2O3. The highest BCUT2D eigenvalue weighted by atomic mass is 16.5. The number of carbonyl (C=O) groups excluding carboxylic acids is 2. The maximum absolute atomic E-state index is 11.7. The Labute approximate surface area is 96.9 Å². The van der Waals surface area contributed by atoms with Gasteiger partial charge < -0.3 is 15.4 Å². The molecule has 0 aromatic carbocycles. The summed E-state index contributed by atoms with van der Waals surface area (Å²) in [6.07, 6.45) is 1.67. The molecule has 5 nitrogen and oxygen atoms in total. The summed E-state index contributed by atoms with van der Waals surface area (Å²) < 4.78 is 4.52. The van der Waals surface area contributed by atoms with E-state index in [4.69, 9.17) is 5.73 Å². The molecule has 16 heavy (non-hydrogen) atoms. The molecule has 1 atom stereocenters. The lowest BCUT2D eigenvalue weighted by atomic mass is 10.1. The number of hydrogen-bond acceptors (Lipinski definition) is 4. The maximum Gasteiger partial charge on any atom is 0.305 e. The van der Waals surface area contributed by atoms with E-state index in [9.17, 15) is 9.59 Å². The molecule has 0 heterocycles. The van der Waals surface area contributed by atoms with Crippen molar-refractivity contribution in [2.75, 3.05) is 27.2 Å². The summed E-state index contributed by atoms with van der Waals surface area (Å²) in [5, 5.41) is 0. The van der Waals surface area contributed by atoms with Crippen LogP contribution in [0.1, 0.15) is 26.2 Å². The smallest absolute Gasteiger partial charge is 0.305 e. The van der Waals surface area contributed by atoms with Crippen LogP contribution in [0.4, 0.5) is 0 Å². The molecule has 0 aromatic rings. The Kier molecular flexibility index (Phi) is 7.54. The molecule has 0 saturated carbocycles. The van der Waals surface area contributed by atoms with Crippen LogP contribution < -0.4 is 5.73 Å². The first kappa shape index (κ1) is 14.9. The van der Waals surface area contributed by atoms with Crippen molar-refractivity contribution in [1.82, 2.24) is 4.90 Å². The molecule has 0 aliphatic rings. The number of nitrogens with two attached hydrogens (primary N) is 1. The van der Waals surface area contributed by atoms with Crippen LogP contribution >= 0.6 is 0 Å². The van der Waals surface area contributed by atoms with Gasteiger partial charge in [0.05, 0.1) is 7.11 Å². The fraction of sp³-hybridized carbons (Fsp3) is 0.818. The van der Waals surface area contributed by atoms with Crippen LogP contribution in [0.25, 0.3) is 0 Å². The molecule has 5 heteroatoms. The van der Waals surface area contributed by atoms with Gasteiger partial charge in [-0.3, -0.25) is 9.59 Å². The quantitative estimate of drug-likeness (QED) is 0.642. The van der Waals surface area contributed by atoms with Crippen molar-refractivity contribution < 1.29 is 14.3 Å². The molecule has 0 aliphatic carbocycles. The third-order valence-electron chi connectivity index (χ3n) is 2.50. The van der Waals surface area contributed by atoms with Gasteiger partial charge in [-0.15, -0.1) is 0 Å². The lowest BCUT2D eigenvalue weighted by molar-refractivity contribution is -0.141. The van der Waals surface area contributed by atoms with Gasteiger partial charge in [-0.1, -0.05) is 6.92 Å². The molecule has 0 aromatic heterocycles. The second-order valence-electron chi connectivity index (χ2n) is 3.92. The first-order chi connectivity index (χ1) is 7.52. The monoisotopic (exact) mass is 230 g/mol. The number of esters is 1. The number of ether oxygens (including phenoxy) is 1. The van der Waals surface area contributed by atoms with Gasteiger partial charge in [0, 0.05) is 25.9 Å². The van der Waals surface area contributed by atoms with Crippen LogP contribution in [0.3, 0.4) is 0 Å². The van der Waals surface area contributed by atoms with E-state index in [-0.39, 0.29) is 17.8 Å². The maximum atomic E-state index is 11.7. The average Bonchev–Trinajstić information content (AvgIpc) is 2.27. The topological polar surface area (TPSA) is 72.6 Å². The van der Waals surface area contributed by atoms with E-state index in [0.29, 0.717) is 32.4 Å². The number of carbonyl (C=O) groups is 2. The van der Waals surface area contributed by atoms with Gasteiger partial charge in [0.1, 0.15) is 0 Å². The Balaban J connectivity index is 3.83. The second-order valence-corrected chi connectivity index (χ2v) is 3.92. The van der Waals surface area contributed by atoms with Crippen LogP contribution in [0.2, 0.25) is 0 Å². The standard InChI is InChI=1S/C11H22N2O3/c1-9(6-7-12)11(15)13(2)8-4-5-10(14)16-3/h9H,4-8,12H2,1-3H3. The van der Waals surface area contributed by atoms with Gasteiger partial charge in [-0.2, -0.15) is 0 Å². The number of hydrogen-bond donors (Lipinski definition) is 1. The van der Waals surface area contributed by atoms with Gasteiger partial charge in [-0.25, -0.2) is 0 Å². The SMILES string of the molecule is COC(=O)CCCN(C)C(=O)C(C)CCN. The molecule has 0 radical (unpaired) electrons. The minimum Gasteiger partial charge on any atom is -0.469 e.